The van der Waals surface area contributed by atoms with Crippen molar-refractivity contribution in [2.45, 2.75) is 168 Å². The molecule has 2 heterocycles. The van der Waals surface area contributed by atoms with Crippen molar-refractivity contribution in [1.29, 1.82) is 0 Å². The van der Waals surface area contributed by atoms with Gasteiger partial charge >= 0.3 is 11.9 Å². The first-order valence-corrected chi connectivity index (χ1v) is 19.5. The number of quaternary nitrogens is 2. The number of rotatable bonds is 29. The Morgan fingerprint density at radius 1 is 0.435 bits per heavy atom. The zero-order chi connectivity index (χ0) is 31.6. The highest BCUT2D eigenvalue weighted by molar-refractivity contribution is 5.71. The molecular formula is C38H74Br2N2O4. The van der Waals surface area contributed by atoms with E-state index >= 15 is 0 Å². The molecule has 6 nitrogen and oxygen atoms in total. The van der Waals surface area contributed by atoms with Crippen LogP contribution in [0.3, 0.4) is 0 Å². The minimum absolute atomic E-state index is 0. The van der Waals surface area contributed by atoms with Gasteiger partial charge in [0.25, 0.3) is 0 Å². The van der Waals surface area contributed by atoms with Gasteiger partial charge in [-0.25, -0.2) is 9.59 Å². The van der Waals surface area contributed by atoms with Crippen molar-refractivity contribution in [2.24, 2.45) is 0 Å². The highest BCUT2D eigenvalue weighted by Gasteiger charge is 2.35. The average Bonchev–Trinajstić information content (AvgIpc) is 3.67. The summed E-state index contributed by atoms with van der Waals surface area (Å²) in [6, 6.07) is 0. The van der Waals surface area contributed by atoms with Crippen LogP contribution >= 0.6 is 0 Å². The topological polar surface area (TPSA) is 52.6 Å². The Labute approximate surface area is 306 Å². The molecule has 0 radical (unpaired) electrons. The Balaban J connectivity index is 0.0000101. The van der Waals surface area contributed by atoms with E-state index in [-0.39, 0.29) is 59.1 Å². The third-order valence-corrected chi connectivity index (χ3v) is 10.5. The molecule has 8 heteroatoms. The number of halogens is 2. The van der Waals surface area contributed by atoms with Crippen LogP contribution in [0, 0.1) is 0 Å². The molecule has 274 valence electrons. The fraction of sp³-hybridized carbons (Fsp3) is 0.947. The molecule has 0 spiro atoms. The Morgan fingerprint density at radius 3 is 0.978 bits per heavy atom. The van der Waals surface area contributed by atoms with Crippen LogP contribution in [-0.2, 0) is 19.1 Å². The quantitative estimate of drug-likeness (QED) is 0.0666. The average molecular weight is 783 g/mol. The maximum Gasteiger partial charge on any atom is 0.361 e. The molecule has 0 bridgehead atoms. The van der Waals surface area contributed by atoms with E-state index in [1.807, 2.05) is 0 Å². The SMILES string of the molecule is CCCCCCCCCCCC[N+]1(CC(=O)OCCOC(=O)C[N+]2(CCCCCCCCCCCC)CCCC2)CCCC1.[Br-].[Br-]. The summed E-state index contributed by atoms with van der Waals surface area (Å²) in [6.07, 6.45) is 31.7. The van der Waals surface area contributed by atoms with E-state index in [0.717, 1.165) is 48.2 Å². The normalized spacial score (nSPS) is 16.5. The summed E-state index contributed by atoms with van der Waals surface area (Å²) in [7, 11) is 0. The van der Waals surface area contributed by atoms with Crippen molar-refractivity contribution in [2.75, 3.05) is 65.6 Å². The molecule has 2 saturated heterocycles. The van der Waals surface area contributed by atoms with Crippen molar-refractivity contribution < 1.29 is 62.0 Å². The lowest BCUT2D eigenvalue weighted by molar-refractivity contribution is -0.910. The number of ether oxygens (including phenoxy) is 2. The van der Waals surface area contributed by atoms with E-state index in [4.69, 9.17) is 9.47 Å². The molecule has 0 saturated carbocycles. The molecule has 2 aliphatic heterocycles. The summed E-state index contributed by atoms with van der Waals surface area (Å²) in [5.41, 5.74) is 0. The van der Waals surface area contributed by atoms with Crippen LogP contribution < -0.4 is 34.0 Å². The monoisotopic (exact) mass is 780 g/mol. The van der Waals surface area contributed by atoms with Crippen LogP contribution in [0.4, 0.5) is 0 Å². The minimum atomic E-state index is -0.126. The van der Waals surface area contributed by atoms with Gasteiger partial charge in [0.15, 0.2) is 13.1 Å². The maximum atomic E-state index is 12.8. The summed E-state index contributed by atoms with van der Waals surface area (Å²) >= 11 is 0. The van der Waals surface area contributed by atoms with Crippen molar-refractivity contribution in [3.05, 3.63) is 0 Å². The number of hydrogen-bond acceptors (Lipinski definition) is 4. The fourth-order valence-electron chi connectivity index (χ4n) is 7.75. The number of esters is 2. The molecule has 0 atom stereocenters. The van der Waals surface area contributed by atoms with E-state index in [9.17, 15) is 9.59 Å². The number of carbonyl (C=O) groups is 2. The van der Waals surface area contributed by atoms with Crippen LogP contribution in [0.15, 0.2) is 0 Å². The molecule has 0 aliphatic carbocycles. The summed E-state index contributed by atoms with van der Waals surface area (Å²) < 4.78 is 12.9. The standard InChI is InChI=1S/C38H74N2O4.2BrH/c1-3-5-7-9-11-13-15-17-19-21-27-39(29-23-24-30-39)35-37(41)43-33-34-44-38(42)36-40(31-25-26-32-40)28-22-20-18-16-14-12-10-8-6-4-2;;/h3-36H2,1-2H3;2*1H/q+2;;/p-2. The number of hydrogen-bond donors (Lipinski definition) is 0. The Morgan fingerprint density at radius 2 is 0.696 bits per heavy atom. The maximum absolute atomic E-state index is 12.8. The van der Waals surface area contributed by atoms with Crippen molar-refractivity contribution >= 4 is 11.9 Å². The van der Waals surface area contributed by atoms with Gasteiger partial charge in [-0.05, 0) is 25.7 Å². The van der Waals surface area contributed by atoms with Crippen molar-refractivity contribution in [3.8, 4) is 0 Å². The third kappa shape index (κ3) is 21.7. The Bertz CT molecular complexity index is 667. The second kappa shape index (κ2) is 29.7. The largest absolute Gasteiger partial charge is 1.00 e. The molecule has 2 rings (SSSR count). The van der Waals surface area contributed by atoms with E-state index in [1.165, 1.54) is 154 Å². The molecule has 0 aromatic heterocycles. The van der Waals surface area contributed by atoms with Crippen molar-refractivity contribution in [1.82, 2.24) is 0 Å². The zero-order valence-corrected chi connectivity index (χ0v) is 33.5. The van der Waals surface area contributed by atoms with E-state index in [0.29, 0.717) is 13.1 Å². The second-order valence-electron chi connectivity index (χ2n) is 14.6. The molecule has 0 amide bonds. The van der Waals surface area contributed by atoms with Crippen LogP contribution in [0.1, 0.15) is 168 Å². The predicted molar refractivity (Wildman–Crippen MR) is 184 cm³/mol. The summed E-state index contributed by atoms with van der Waals surface area (Å²) in [5.74, 6) is -0.252. The molecule has 0 unspecified atom stereocenters. The lowest BCUT2D eigenvalue weighted by Crippen LogP contribution is -3.00. The van der Waals surface area contributed by atoms with Gasteiger partial charge in [0.1, 0.15) is 13.2 Å². The highest BCUT2D eigenvalue weighted by Crippen LogP contribution is 2.23. The third-order valence-electron chi connectivity index (χ3n) is 10.5. The summed E-state index contributed by atoms with van der Waals surface area (Å²) in [6.45, 7) is 12.5. The minimum Gasteiger partial charge on any atom is -1.00 e. The Hall–Kier alpha value is -0.180. The molecule has 0 N–H and O–H groups in total. The lowest BCUT2D eigenvalue weighted by Gasteiger charge is -2.33. The lowest BCUT2D eigenvalue weighted by atomic mass is 10.1. The van der Waals surface area contributed by atoms with Crippen LogP contribution in [0.5, 0.6) is 0 Å². The molecule has 2 aliphatic rings. The molecule has 46 heavy (non-hydrogen) atoms. The summed E-state index contributed by atoms with van der Waals surface area (Å²) in [4.78, 5) is 25.5. The number of likely N-dealkylation sites (tertiary alicyclic amines) is 2. The van der Waals surface area contributed by atoms with Gasteiger partial charge in [0.05, 0.1) is 39.3 Å². The van der Waals surface area contributed by atoms with E-state index in [1.54, 1.807) is 0 Å². The van der Waals surface area contributed by atoms with Gasteiger partial charge in [-0.2, -0.15) is 0 Å². The van der Waals surface area contributed by atoms with Gasteiger partial charge in [-0.1, -0.05) is 117 Å². The molecule has 0 aromatic carbocycles. The van der Waals surface area contributed by atoms with E-state index < -0.39 is 0 Å². The van der Waals surface area contributed by atoms with Gasteiger partial charge in [0.2, 0.25) is 0 Å². The number of unbranched alkanes of at least 4 members (excludes halogenated alkanes) is 18. The highest BCUT2D eigenvalue weighted by atomic mass is 79.9. The first-order chi connectivity index (χ1) is 21.5. The van der Waals surface area contributed by atoms with E-state index in [2.05, 4.69) is 13.8 Å². The van der Waals surface area contributed by atoms with Crippen molar-refractivity contribution in [3.63, 3.8) is 0 Å². The molecule has 0 aromatic rings. The Kier molecular flexibility index (Phi) is 29.6. The number of nitrogens with zero attached hydrogens (tertiary/aromatic N) is 2. The second-order valence-corrected chi connectivity index (χ2v) is 14.6. The van der Waals surface area contributed by atoms with Gasteiger partial charge < -0.3 is 52.4 Å². The predicted octanol–water partition coefficient (Wildman–Crippen LogP) is 3.14. The first kappa shape index (κ1) is 45.8. The van der Waals surface area contributed by atoms with Crippen LogP contribution in [0.2, 0.25) is 0 Å². The van der Waals surface area contributed by atoms with Gasteiger partial charge in [0, 0.05) is 25.7 Å². The fourth-order valence-corrected chi connectivity index (χ4v) is 7.75. The summed E-state index contributed by atoms with van der Waals surface area (Å²) in [5, 5.41) is 0. The van der Waals surface area contributed by atoms with Crippen LogP contribution in [0.25, 0.3) is 0 Å². The molecular weight excluding hydrogens is 708 g/mol. The van der Waals surface area contributed by atoms with Gasteiger partial charge in [-0.3, -0.25) is 0 Å². The number of carbonyl (C=O) groups excluding carboxylic acids is 2. The van der Waals surface area contributed by atoms with Crippen LogP contribution in [-0.4, -0.2) is 86.5 Å². The zero-order valence-electron chi connectivity index (χ0n) is 30.3. The molecule has 2 fully saturated rings. The first-order valence-electron chi connectivity index (χ1n) is 19.5. The van der Waals surface area contributed by atoms with Gasteiger partial charge in [-0.15, -0.1) is 0 Å². The smallest absolute Gasteiger partial charge is 0.361 e.